The van der Waals surface area contributed by atoms with Gasteiger partial charge in [0.25, 0.3) is 0 Å². The fraction of sp³-hybridized carbons (Fsp3) is 0.571. The van der Waals surface area contributed by atoms with Crippen LogP contribution in [0.4, 0.5) is 0 Å². The molecule has 90 valence electrons. The highest BCUT2D eigenvalue weighted by molar-refractivity contribution is 5.49. The molecule has 2 heteroatoms. The first-order valence-electron chi connectivity index (χ1n) is 6.06. The lowest BCUT2D eigenvalue weighted by molar-refractivity contribution is 0.395. The maximum absolute atomic E-state index is 9.83. The molecule has 2 unspecified atom stereocenters. The van der Waals surface area contributed by atoms with Crippen molar-refractivity contribution in [2.75, 3.05) is 0 Å². The van der Waals surface area contributed by atoms with E-state index < -0.39 is 0 Å². The molecule has 0 aromatic heterocycles. The van der Waals surface area contributed by atoms with Crippen LogP contribution in [0.1, 0.15) is 63.5 Å². The number of phenolic OH excluding ortho intramolecular Hbond substituents is 2. The summed E-state index contributed by atoms with van der Waals surface area (Å²) in [6.45, 7) is 8.40. The summed E-state index contributed by atoms with van der Waals surface area (Å²) in [6.07, 6.45) is 1.99. The van der Waals surface area contributed by atoms with Crippen molar-refractivity contribution < 1.29 is 10.2 Å². The third kappa shape index (κ3) is 2.49. The normalized spacial score (nSPS) is 14.8. The Hall–Kier alpha value is -1.18. The zero-order valence-electron chi connectivity index (χ0n) is 10.6. The van der Waals surface area contributed by atoms with Crippen molar-refractivity contribution in [2.24, 2.45) is 0 Å². The van der Waals surface area contributed by atoms with E-state index in [1.807, 2.05) is 6.07 Å². The molecule has 0 spiro atoms. The van der Waals surface area contributed by atoms with Gasteiger partial charge in [-0.2, -0.15) is 0 Å². The molecule has 16 heavy (non-hydrogen) atoms. The Balaban J connectivity index is 3.21. The van der Waals surface area contributed by atoms with Gasteiger partial charge in [0, 0.05) is 5.56 Å². The molecule has 0 aliphatic carbocycles. The van der Waals surface area contributed by atoms with Gasteiger partial charge in [-0.05, 0) is 36.3 Å². The number of hydrogen-bond donors (Lipinski definition) is 2. The largest absolute Gasteiger partial charge is 0.504 e. The standard InChI is InChI=1S/C14H22O2/c1-5-9(3)11-7-12(10(4)6-2)14(16)13(15)8-11/h7-10,15-16H,5-6H2,1-4H3. The molecule has 1 aromatic rings. The van der Waals surface area contributed by atoms with E-state index in [0.29, 0.717) is 5.92 Å². The predicted molar refractivity (Wildman–Crippen MR) is 67.2 cm³/mol. The first-order chi connectivity index (χ1) is 7.51. The lowest BCUT2D eigenvalue weighted by Crippen LogP contribution is -1.97. The van der Waals surface area contributed by atoms with Gasteiger partial charge in [0.1, 0.15) is 0 Å². The fourth-order valence-corrected chi connectivity index (χ4v) is 1.78. The van der Waals surface area contributed by atoms with Crippen LogP contribution >= 0.6 is 0 Å². The van der Waals surface area contributed by atoms with Crippen LogP contribution in [-0.4, -0.2) is 10.2 Å². The Labute approximate surface area is 97.9 Å². The maximum atomic E-state index is 9.83. The monoisotopic (exact) mass is 222 g/mol. The summed E-state index contributed by atoms with van der Waals surface area (Å²) >= 11 is 0. The molecule has 1 rings (SSSR count). The fourth-order valence-electron chi connectivity index (χ4n) is 1.78. The van der Waals surface area contributed by atoms with Gasteiger partial charge in [0.2, 0.25) is 0 Å². The Bertz CT molecular complexity index is 358. The second kappa shape index (κ2) is 5.24. The van der Waals surface area contributed by atoms with Crippen molar-refractivity contribution in [2.45, 2.75) is 52.4 Å². The summed E-state index contributed by atoms with van der Waals surface area (Å²) in [5.41, 5.74) is 1.96. The average Bonchev–Trinajstić information content (AvgIpc) is 2.30. The van der Waals surface area contributed by atoms with Crippen molar-refractivity contribution in [3.8, 4) is 11.5 Å². The van der Waals surface area contributed by atoms with Gasteiger partial charge >= 0.3 is 0 Å². The zero-order valence-corrected chi connectivity index (χ0v) is 10.6. The molecule has 0 saturated carbocycles. The third-order valence-corrected chi connectivity index (χ3v) is 3.47. The van der Waals surface area contributed by atoms with Crippen LogP contribution in [0.25, 0.3) is 0 Å². The van der Waals surface area contributed by atoms with Crippen LogP contribution in [0.2, 0.25) is 0 Å². The number of aromatic hydroxyl groups is 2. The highest BCUT2D eigenvalue weighted by Gasteiger charge is 2.15. The third-order valence-electron chi connectivity index (χ3n) is 3.47. The van der Waals surface area contributed by atoms with Crippen LogP contribution in [-0.2, 0) is 0 Å². The van der Waals surface area contributed by atoms with Crippen LogP contribution in [0.15, 0.2) is 12.1 Å². The first kappa shape index (κ1) is 12.9. The topological polar surface area (TPSA) is 40.5 Å². The van der Waals surface area contributed by atoms with Gasteiger partial charge in [-0.1, -0.05) is 33.8 Å². The van der Waals surface area contributed by atoms with E-state index in [0.717, 1.165) is 24.0 Å². The lowest BCUT2D eigenvalue weighted by Gasteiger charge is -2.17. The molecule has 2 atom stereocenters. The minimum atomic E-state index is 0.00750. The van der Waals surface area contributed by atoms with Crippen molar-refractivity contribution in [1.82, 2.24) is 0 Å². The minimum Gasteiger partial charge on any atom is -0.504 e. The molecule has 1 aromatic carbocycles. The molecular weight excluding hydrogens is 200 g/mol. The van der Waals surface area contributed by atoms with Gasteiger partial charge < -0.3 is 10.2 Å². The number of benzene rings is 1. The molecule has 0 bridgehead atoms. The molecule has 0 aliphatic rings. The Morgan fingerprint density at radius 3 is 2.06 bits per heavy atom. The molecular formula is C14H22O2. The Morgan fingerprint density at radius 1 is 1.00 bits per heavy atom. The molecule has 0 fully saturated rings. The molecule has 0 aliphatic heterocycles. The van der Waals surface area contributed by atoms with Crippen LogP contribution in [0.3, 0.4) is 0 Å². The molecule has 0 heterocycles. The van der Waals surface area contributed by atoms with Gasteiger partial charge in [-0.3, -0.25) is 0 Å². The van der Waals surface area contributed by atoms with Crippen LogP contribution in [0, 0.1) is 0 Å². The van der Waals surface area contributed by atoms with Crippen LogP contribution < -0.4 is 0 Å². The summed E-state index contributed by atoms with van der Waals surface area (Å²) in [5, 5.41) is 19.5. The van der Waals surface area contributed by atoms with E-state index in [9.17, 15) is 10.2 Å². The predicted octanol–water partition coefficient (Wildman–Crippen LogP) is 4.12. The number of hydrogen-bond acceptors (Lipinski definition) is 2. The summed E-state index contributed by atoms with van der Waals surface area (Å²) < 4.78 is 0. The van der Waals surface area contributed by atoms with Gasteiger partial charge in [0.15, 0.2) is 11.5 Å². The van der Waals surface area contributed by atoms with Crippen molar-refractivity contribution in [3.05, 3.63) is 23.3 Å². The number of rotatable bonds is 4. The van der Waals surface area contributed by atoms with E-state index in [1.54, 1.807) is 6.07 Å². The summed E-state index contributed by atoms with van der Waals surface area (Å²) in [6, 6.07) is 3.70. The second-order valence-electron chi connectivity index (χ2n) is 4.60. The number of phenols is 2. The van der Waals surface area contributed by atoms with Gasteiger partial charge in [-0.25, -0.2) is 0 Å². The van der Waals surface area contributed by atoms with Crippen LogP contribution in [0.5, 0.6) is 11.5 Å². The second-order valence-corrected chi connectivity index (χ2v) is 4.60. The highest BCUT2D eigenvalue weighted by atomic mass is 16.3. The SMILES string of the molecule is CCC(C)c1cc(O)c(O)c(C(C)CC)c1. The highest BCUT2D eigenvalue weighted by Crippen LogP contribution is 2.38. The first-order valence-corrected chi connectivity index (χ1v) is 6.06. The van der Waals surface area contributed by atoms with E-state index in [2.05, 4.69) is 27.7 Å². The van der Waals surface area contributed by atoms with E-state index in [4.69, 9.17) is 0 Å². The Morgan fingerprint density at radius 2 is 1.56 bits per heavy atom. The molecule has 2 nitrogen and oxygen atoms in total. The quantitative estimate of drug-likeness (QED) is 0.752. The molecule has 0 amide bonds. The molecule has 0 radical (unpaired) electrons. The van der Waals surface area contributed by atoms with E-state index in [-0.39, 0.29) is 17.4 Å². The zero-order chi connectivity index (χ0) is 12.3. The minimum absolute atomic E-state index is 0.00750. The van der Waals surface area contributed by atoms with E-state index >= 15 is 0 Å². The molecule has 0 saturated heterocycles. The molecule has 2 N–H and O–H groups in total. The summed E-state index contributed by atoms with van der Waals surface area (Å²) in [4.78, 5) is 0. The smallest absolute Gasteiger partial charge is 0.160 e. The van der Waals surface area contributed by atoms with E-state index in [1.165, 1.54) is 0 Å². The van der Waals surface area contributed by atoms with Crippen molar-refractivity contribution in [1.29, 1.82) is 0 Å². The summed E-state index contributed by atoms with van der Waals surface area (Å²) in [5.74, 6) is 0.735. The Kier molecular flexibility index (Phi) is 4.22. The van der Waals surface area contributed by atoms with Gasteiger partial charge in [0.05, 0.1) is 0 Å². The average molecular weight is 222 g/mol. The lowest BCUT2D eigenvalue weighted by atomic mass is 9.90. The van der Waals surface area contributed by atoms with Crippen molar-refractivity contribution >= 4 is 0 Å². The van der Waals surface area contributed by atoms with Gasteiger partial charge in [-0.15, -0.1) is 0 Å². The van der Waals surface area contributed by atoms with Crippen molar-refractivity contribution in [3.63, 3.8) is 0 Å². The summed E-state index contributed by atoms with van der Waals surface area (Å²) in [7, 11) is 0. The maximum Gasteiger partial charge on any atom is 0.160 e.